The maximum absolute atomic E-state index is 13.8. The number of hydrogen-bond donors (Lipinski definition) is 1. The number of hydrogen-bond acceptors (Lipinski definition) is 7. The van der Waals surface area contributed by atoms with E-state index in [9.17, 15) is 22.7 Å². The molecule has 2 aromatic heterocycles. The number of aromatic nitrogens is 3. The van der Waals surface area contributed by atoms with Gasteiger partial charge in [0.05, 0.1) is 24.2 Å². The van der Waals surface area contributed by atoms with Crippen LogP contribution in [-0.2, 0) is 27.9 Å². The Bertz CT molecular complexity index is 1190. The average Bonchev–Trinajstić information content (AvgIpc) is 3.33. The van der Waals surface area contributed by atoms with E-state index in [0.29, 0.717) is 17.0 Å². The van der Waals surface area contributed by atoms with E-state index in [1.54, 1.807) is 0 Å². The Morgan fingerprint density at radius 3 is 2.60 bits per heavy atom. The molecule has 0 radical (unpaired) electrons. The van der Waals surface area contributed by atoms with Gasteiger partial charge in [-0.1, -0.05) is 0 Å². The van der Waals surface area contributed by atoms with E-state index in [-0.39, 0.29) is 23.7 Å². The quantitative estimate of drug-likeness (QED) is 0.645. The number of ether oxygens (including phenoxy) is 1. The van der Waals surface area contributed by atoms with E-state index < -0.39 is 27.9 Å². The monoisotopic (exact) mass is 432 g/mol. The summed E-state index contributed by atoms with van der Waals surface area (Å²) in [5.41, 5.74) is 0.544. The number of methoxy groups -OCH3 is 1. The molecule has 0 unspecified atom stereocenters. The molecule has 11 heteroatoms. The van der Waals surface area contributed by atoms with Gasteiger partial charge < -0.3 is 14.7 Å². The number of fused-ring (bicyclic) bond motifs is 1. The zero-order chi connectivity index (χ0) is 21.5. The number of carbonyl (C=O) groups is 1. The van der Waals surface area contributed by atoms with Gasteiger partial charge in [-0.3, -0.25) is 9.78 Å². The highest BCUT2D eigenvalue weighted by Gasteiger charge is 2.34. The SMILES string of the molecule is COc1ccc(S(=O)(=O)n2cc3c(n2)CN(C(=O)[C@@H](O)c2ncccc2F)C3)cc1. The van der Waals surface area contributed by atoms with E-state index in [1.807, 2.05) is 0 Å². The van der Waals surface area contributed by atoms with Crippen molar-refractivity contribution in [2.75, 3.05) is 7.11 Å². The molecule has 3 heterocycles. The fourth-order valence-corrected chi connectivity index (χ4v) is 4.32. The van der Waals surface area contributed by atoms with Gasteiger partial charge >= 0.3 is 0 Å². The summed E-state index contributed by atoms with van der Waals surface area (Å²) in [4.78, 5) is 17.6. The predicted molar refractivity (Wildman–Crippen MR) is 101 cm³/mol. The largest absolute Gasteiger partial charge is 0.497 e. The second kappa shape index (κ2) is 7.50. The second-order valence-electron chi connectivity index (χ2n) is 6.62. The third-order valence-electron chi connectivity index (χ3n) is 4.75. The molecule has 3 aromatic rings. The molecular formula is C19H17FN4O5S. The van der Waals surface area contributed by atoms with Crippen molar-refractivity contribution < 1.29 is 27.4 Å². The zero-order valence-electron chi connectivity index (χ0n) is 15.8. The third kappa shape index (κ3) is 3.42. The number of carbonyl (C=O) groups excluding carboxylic acids is 1. The second-order valence-corrected chi connectivity index (χ2v) is 8.42. The Morgan fingerprint density at radius 2 is 1.97 bits per heavy atom. The van der Waals surface area contributed by atoms with Crippen molar-refractivity contribution in [1.29, 1.82) is 0 Å². The molecule has 0 bridgehead atoms. The number of aliphatic hydroxyl groups excluding tert-OH is 1. The van der Waals surface area contributed by atoms with Gasteiger partial charge in [-0.15, -0.1) is 0 Å². The number of rotatable bonds is 5. The molecule has 9 nitrogen and oxygen atoms in total. The normalized spacial score (nSPS) is 14.4. The maximum atomic E-state index is 13.8. The minimum Gasteiger partial charge on any atom is -0.497 e. The van der Waals surface area contributed by atoms with Crippen molar-refractivity contribution in [3.63, 3.8) is 0 Å². The molecule has 1 aromatic carbocycles. The molecule has 1 N–H and O–H groups in total. The van der Waals surface area contributed by atoms with Gasteiger partial charge in [0.2, 0.25) is 0 Å². The first-order chi connectivity index (χ1) is 14.3. The van der Waals surface area contributed by atoms with Gasteiger partial charge in [-0.25, -0.2) is 4.39 Å². The van der Waals surface area contributed by atoms with E-state index in [0.717, 1.165) is 10.2 Å². The van der Waals surface area contributed by atoms with E-state index in [4.69, 9.17) is 4.74 Å². The molecule has 0 spiro atoms. The van der Waals surface area contributed by atoms with Crippen molar-refractivity contribution >= 4 is 15.9 Å². The van der Waals surface area contributed by atoms with Gasteiger partial charge in [0, 0.05) is 24.5 Å². The summed E-state index contributed by atoms with van der Waals surface area (Å²) in [5, 5.41) is 14.3. The van der Waals surface area contributed by atoms with Crippen LogP contribution in [0, 0.1) is 5.82 Å². The van der Waals surface area contributed by atoms with E-state index in [1.165, 1.54) is 54.7 Å². The van der Waals surface area contributed by atoms with Crippen molar-refractivity contribution in [3.8, 4) is 5.75 Å². The minimum absolute atomic E-state index is 0.00912. The fraction of sp³-hybridized carbons (Fsp3) is 0.211. The molecule has 1 aliphatic heterocycles. The topological polar surface area (TPSA) is 115 Å². The van der Waals surface area contributed by atoms with Crippen LogP contribution >= 0.6 is 0 Å². The summed E-state index contributed by atoms with van der Waals surface area (Å²) in [5.74, 6) is -1.00. The molecule has 4 rings (SSSR count). The molecule has 1 aliphatic rings. The van der Waals surface area contributed by atoms with Crippen LogP contribution in [-0.4, -0.2) is 45.6 Å². The lowest BCUT2D eigenvalue weighted by Crippen LogP contribution is -2.32. The van der Waals surface area contributed by atoms with Crippen LogP contribution in [0.4, 0.5) is 4.39 Å². The van der Waals surface area contributed by atoms with Crippen LogP contribution in [0.25, 0.3) is 0 Å². The lowest BCUT2D eigenvalue weighted by atomic mass is 10.2. The Labute approximate surface area is 171 Å². The van der Waals surface area contributed by atoms with Crippen molar-refractivity contribution in [2.24, 2.45) is 0 Å². The molecule has 1 amide bonds. The molecule has 0 aliphatic carbocycles. The summed E-state index contributed by atoms with van der Waals surface area (Å²) in [7, 11) is -2.43. The molecule has 1 atom stereocenters. The highest BCUT2D eigenvalue weighted by molar-refractivity contribution is 7.89. The number of pyridine rings is 1. The summed E-state index contributed by atoms with van der Waals surface area (Å²) in [6.45, 7) is 0.0304. The maximum Gasteiger partial charge on any atom is 0.282 e. The first-order valence-electron chi connectivity index (χ1n) is 8.85. The van der Waals surface area contributed by atoms with Crippen LogP contribution in [0.5, 0.6) is 5.75 Å². The summed E-state index contributed by atoms with van der Waals surface area (Å²) < 4.78 is 45.2. The number of halogens is 1. The number of nitrogens with zero attached hydrogens (tertiary/aromatic N) is 4. The lowest BCUT2D eigenvalue weighted by molar-refractivity contribution is -0.141. The number of amides is 1. The number of aliphatic hydroxyl groups is 1. The fourth-order valence-electron chi connectivity index (χ4n) is 3.15. The van der Waals surface area contributed by atoms with Crippen molar-refractivity contribution in [2.45, 2.75) is 24.1 Å². The van der Waals surface area contributed by atoms with Crippen LogP contribution in [0.15, 0.2) is 53.7 Å². The lowest BCUT2D eigenvalue weighted by Gasteiger charge is -2.19. The minimum atomic E-state index is -3.91. The first kappa shape index (κ1) is 20.0. The molecule has 30 heavy (non-hydrogen) atoms. The smallest absolute Gasteiger partial charge is 0.282 e. The highest BCUT2D eigenvalue weighted by atomic mass is 32.2. The van der Waals surface area contributed by atoms with Gasteiger partial charge in [0.15, 0.2) is 6.10 Å². The standard InChI is InChI=1S/C19H17FN4O5S/c1-29-13-4-6-14(7-5-13)30(27,28)24-10-12-9-23(11-16(12)22-24)19(26)18(25)17-15(20)3-2-8-21-17/h2-8,10,18,25H,9,11H2,1H3/t18-/m0/s1. The average molecular weight is 432 g/mol. The van der Waals surface area contributed by atoms with E-state index >= 15 is 0 Å². The summed E-state index contributed by atoms with van der Waals surface area (Å²) in [6, 6.07) is 8.34. The molecular weight excluding hydrogens is 415 g/mol. The highest BCUT2D eigenvalue weighted by Crippen LogP contribution is 2.27. The van der Waals surface area contributed by atoms with Gasteiger partial charge in [0.25, 0.3) is 15.9 Å². The van der Waals surface area contributed by atoms with Gasteiger partial charge in [-0.2, -0.15) is 17.6 Å². The molecule has 0 fully saturated rings. The van der Waals surface area contributed by atoms with Crippen LogP contribution in [0.1, 0.15) is 23.1 Å². The Kier molecular flexibility index (Phi) is 5.00. The zero-order valence-corrected chi connectivity index (χ0v) is 16.6. The Morgan fingerprint density at radius 1 is 1.23 bits per heavy atom. The Hall–Kier alpha value is -3.31. The van der Waals surface area contributed by atoms with Crippen LogP contribution < -0.4 is 4.74 Å². The van der Waals surface area contributed by atoms with Gasteiger partial charge in [-0.05, 0) is 36.4 Å². The molecule has 0 saturated carbocycles. The first-order valence-corrected chi connectivity index (χ1v) is 10.3. The predicted octanol–water partition coefficient (Wildman–Crippen LogP) is 1.24. The third-order valence-corrected chi connectivity index (χ3v) is 6.30. The van der Waals surface area contributed by atoms with Crippen molar-refractivity contribution in [3.05, 3.63) is 71.6 Å². The molecule has 0 saturated heterocycles. The van der Waals surface area contributed by atoms with E-state index in [2.05, 4.69) is 10.1 Å². The number of benzene rings is 1. The van der Waals surface area contributed by atoms with Crippen molar-refractivity contribution in [1.82, 2.24) is 19.1 Å². The Balaban J connectivity index is 1.52. The van der Waals surface area contributed by atoms with Gasteiger partial charge in [0.1, 0.15) is 17.3 Å². The molecule has 156 valence electrons. The summed E-state index contributed by atoms with van der Waals surface area (Å²) in [6.07, 6.45) is 0.850. The summed E-state index contributed by atoms with van der Waals surface area (Å²) >= 11 is 0. The van der Waals surface area contributed by atoms with Crippen LogP contribution in [0.3, 0.4) is 0 Å². The van der Waals surface area contributed by atoms with Crippen LogP contribution in [0.2, 0.25) is 0 Å².